The zero-order valence-electron chi connectivity index (χ0n) is 11.1. The molecule has 4 heteroatoms. The third kappa shape index (κ3) is 5.29. The van der Waals surface area contributed by atoms with Gasteiger partial charge in [-0.25, -0.2) is 4.79 Å². The number of allylic oxidation sites excluding steroid dienone is 2. The maximum atomic E-state index is 10.3. The number of aliphatic carboxylic acids is 1. The largest absolute Gasteiger partial charge is 0.493 e. The molecule has 0 unspecified atom stereocenters. The summed E-state index contributed by atoms with van der Waals surface area (Å²) in [6.45, 7) is 2.66. The molecule has 1 aromatic carbocycles. The van der Waals surface area contributed by atoms with E-state index in [1.165, 1.54) is 6.08 Å². The Bertz CT molecular complexity index is 475. The van der Waals surface area contributed by atoms with Crippen molar-refractivity contribution in [2.75, 3.05) is 13.7 Å². The molecule has 0 aliphatic heterocycles. The van der Waals surface area contributed by atoms with Gasteiger partial charge in [0.05, 0.1) is 13.7 Å². The summed E-state index contributed by atoms with van der Waals surface area (Å²) in [5.74, 6) is 0.409. The minimum atomic E-state index is -0.966. The van der Waals surface area contributed by atoms with Gasteiger partial charge in [-0.15, -0.1) is 0 Å². The first-order valence-electron chi connectivity index (χ1n) is 6.06. The maximum absolute atomic E-state index is 10.3. The minimum Gasteiger partial charge on any atom is -0.493 e. The predicted molar refractivity (Wildman–Crippen MR) is 74.6 cm³/mol. The molecule has 0 saturated carbocycles. The van der Waals surface area contributed by atoms with E-state index in [4.69, 9.17) is 14.6 Å². The van der Waals surface area contributed by atoms with E-state index in [-0.39, 0.29) is 0 Å². The Hall–Kier alpha value is -2.23. The predicted octanol–water partition coefficient (Wildman–Crippen LogP) is 3.14. The first-order chi connectivity index (χ1) is 9.17. The lowest BCUT2D eigenvalue weighted by Crippen LogP contribution is -1.97. The van der Waals surface area contributed by atoms with Crippen LogP contribution in [-0.4, -0.2) is 24.8 Å². The number of hydrogen-bond donors (Lipinski definition) is 1. The molecule has 0 spiro atoms. The van der Waals surface area contributed by atoms with E-state index in [2.05, 4.69) is 0 Å². The Labute approximate surface area is 113 Å². The van der Waals surface area contributed by atoms with E-state index in [9.17, 15) is 4.79 Å². The highest BCUT2D eigenvalue weighted by atomic mass is 16.5. The Balaban J connectivity index is 2.82. The second-order valence-corrected chi connectivity index (χ2v) is 3.82. The van der Waals surface area contributed by atoms with Crippen molar-refractivity contribution >= 4 is 12.0 Å². The fourth-order valence-corrected chi connectivity index (χ4v) is 1.43. The lowest BCUT2D eigenvalue weighted by atomic mass is 10.2. The molecular weight excluding hydrogens is 244 g/mol. The highest BCUT2D eigenvalue weighted by Gasteiger charge is 2.03. The normalized spacial score (nSPS) is 11.1. The van der Waals surface area contributed by atoms with Crippen molar-refractivity contribution in [3.05, 3.63) is 42.0 Å². The molecule has 0 amide bonds. The molecule has 0 aromatic heterocycles. The van der Waals surface area contributed by atoms with Gasteiger partial charge in [-0.2, -0.15) is 0 Å². The van der Waals surface area contributed by atoms with Gasteiger partial charge in [0.15, 0.2) is 11.5 Å². The summed E-state index contributed by atoms with van der Waals surface area (Å²) >= 11 is 0. The SMILES string of the molecule is CCCOc1cc(/C=C/C=C/C(=O)O)ccc1OC. The van der Waals surface area contributed by atoms with Crippen LogP contribution in [0, 0.1) is 0 Å². The Kier molecular flexibility index (Phi) is 6.22. The van der Waals surface area contributed by atoms with Crippen LogP contribution in [0.1, 0.15) is 18.9 Å². The standard InChI is InChI=1S/C15H18O4/c1-3-10-19-14-11-12(8-9-13(14)18-2)6-4-5-7-15(16)17/h4-9,11H,3,10H2,1-2H3,(H,16,17)/b6-4+,7-5+. The summed E-state index contributed by atoms with van der Waals surface area (Å²) in [6, 6.07) is 5.56. The van der Waals surface area contributed by atoms with Crippen molar-refractivity contribution < 1.29 is 19.4 Å². The van der Waals surface area contributed by atoms with E-state index >= 15 is 0 Å². The molecule has 1 rings (SSSR count). The van der Waals surface area contributed by atoms with Gasteiger partial charge in [0.1, 0.15) is 0 Å². The molecule has 0 radical (unpaired) electrons. The molecule has 0 aliphatic rings. The number of hydrogen-bond acceptors (Lipinski definition) is 3. The quantitative estimate of drug-likeness (QED) is 0.606. The molecule has 0 atom stereocenters. The molecule has 0 heterocycles. The highest BCUT2D eigenvalue weighted by molar-refractivity contribution is 5.80. The highest BCUT2D eigenvalue weighted by Crippen LogP contribution is 2.28. The molecule has 1 aromatic rings. The van der Waals surface area contributed by atoms with Gasteiger partial charge < -0.3 is 14.6 Å². The van der Waals surface area contributed by atoms with Crippen LogP contribution < -0.4 is 9.47 Å². The molecule has 102 valence electrons. The van der Waals surface area contributed by atoms with E-state index in [0.29, 0.717) is 18.1 Å². The van der Waals surface area contributed by atoms with Crippen molar-refractivity contribution in [2.45, 2.75) is 13.3 Å². The molecule has 0 fully saturated rings. The monoisotopic (exact) mass is 262 g/mol. The Morgan fingerprint density at radius 3 is 2.74 bits per heavy atom. The fraction of sp³-hybridized carbons (Fsp3) is 0.267. The van der Waals surface area contributed by atoms with Crippen LogP contribution in [-0.2, 0) is 4.79 Å². The van der Waals surface area contributed by atoms with Crippen LogP contribution in [0.4, 0.5) is 0 Å². The topological polar surface area (TPSA) is 55.8 Å². The third-order valence-electron chi connectivity index (χ3n) is 2.29. The maximum Gasteiger partial charge on any atom is 0.328 e. The average Bonchev–Trinajstić information content (AvgIpc) is 2.41. The number of carbonyl (C=O) groups is 1. The summed E-state index contributed by atoms with van der Waals surface area (Å²) in [5.41, 5.74) is 0.918. The summed E-state index contributed by atoms with van der Waals surface area (Å²) < 4.78 is 10.8. The van der Waals surface area contributed by atoms with Crippen LogP contribution in [0.15, 0.2) is 36.4 Å². The number of ether oxygens (including phenoxy) is 2. The second-order valence-electron chi connectivity index (χ2n) is 3.82. The van der Waals surface area contributed by atoms with E-state index in [0.717, 1.165) is 18.1 Å². The van der Waals surface area contributed by atoms with Gasteiger partial charge in [0.2, 0.25) is 0 Å². The molecular formula is C15H18O4. The van der Waals surface area contributed by atoms with Crippen molar-refractivity contribution in [3.63, 3.8) is 0 Å². The molecule has 1 N–H and O–H groups in total. The van der Waals surface area contributed by atoms with Crippen LogP contribution >= 0.6 is 0 Å². The summed E-state index contributed by atoms with van der Waals surface area (Å²) in [4.78, 5) is 10.3. The van der Waals surface area contributed by atoms with Gasteiger partial charge in [0, 0.05) is 6.08 Å². The van der Waals surface area contributed by atoms with Crippen LogP contribution in [0.2, 0.25) is 0 Å². The van der Waals surface area contributed by atoms with Crippen LogP contribution in [0.3, 0.4) is 0 Å². The van der Waals surface area contributed by atoms with Gasteiger partial charge in [-0.05, 0) is 24.1 Å². The fourth-order valence-electron chi connectivity index (χ4n) is 1.43. The van der Waals surface area contributed by atoms with Crippen molar-refractivity contribution in [3.8, 4) is 11.5 Å². The number of rotatable bonds is 7. The van der Waals surface area contributed by atoms with Gasteiger partial charge in [0.25, 0.3) is 0 Å². The summed E-state index contributed by atoms with van der Waals surface area (Å²) in [6.07, 6.45) is 6.94. The Morgan fingerprint density at radius 1 is 1.32 bits per heavy atom. The zero-order valence-corrected chi connectivity index (χ0v) is 11.1. The number of carboxylic acid groups (broad SMARTS) is 1. The summed E-state index contributed by atoms with van der Waals surface area (Å²) in [7, 11) is 1.60. The van der Waals surface area contributed by atoms with E-state index < -0.39 is 5.97 Å². The van der Waals surface area contributed by atoms with Crippen LogP contribution in [0.5, 0.6) is 11.5 Å². The third-order valence-corrected chi connectivity index (χ3v) is 2.29. The second kappa shape index (κ2) is 7.97. The number of methoxy groups -OCH3 is 1. The zero-order chi connectivity index (χ0) is 14.1. The Morgan fingerprint density at radius 2 is 2.11 bits per heavy atom. The first kappa shape index (κ1) is 14.8. The van der Waals surface area contributed by atoms with Crippen molar-refractivity contribution in [1.29, 1.82) is 0 Å². The molecule has 0 bridgehead atoms. The van der Waals surface area contributed by atoms with Gasteiger partial charge >= 0.3 is 5.97 Å². The molecule has 0 aliphatic carbocycles. The van der Waals surface area contributed by atoms with E-state index in [1.807, 2.05) is 25.1 Å². The summed E-state index contributed by atoms with van der Waals surface area (Å²) in [5, 5.41) is 8.46. The molecule has 19 heavy (non-hydrogen) atoms. The first-order valence-corrected chi connectivity index (χ1v) is 6.06. The van der Waals surface area contributed by atoms with Gasteiger partial charge in [-0.3, -0.25) is 0 Å². The average molecular weight is 262 g/mol. The lowest BCUT2D eigenvalue weighted by molar-refractivity contribution is -0.131. The van der Waals surface area contributed by atoms with Crippen molar-refractivity contribution in [2.24, 2.45) is 0 Å². The minimum absolute atomic E-state index is 0.627. The van der Waals surface area contributed by atoms with E-state index in [1.54, 1.807) is 19.3 Å². The van der Waals surface area contributed by atoms with Gasteiger partial charge in [-0.1, -0.05) is 31.2 Å². The smallest absolute Gasteiger partial charge is 0.328 e. The molecule has 4 nitrogen and oxygen atoms in total. The lowest BCUT2D eigenvalue weighted by Gasteiger charge is -2.10. The molecule has 0 saturated heterocycles. The number of benzene rings is 1. The van der Waals surface area contributed by atoms with Crippen LogP contribution in [0.25, 0.3) is 6.08 Å². The van der Waals surface area contributed by atoms with Crippen molar-refractivity contribution in [1.82, 2.24) is 0 Å². The number of carboxylic acids is 1.